The van der Waals surface area contributed by atoms with Gasteiger partial charge in [0.25, 0.3) is 0 Å². The lowest BCUT2D eigenvalue weighted by molar-refractivity contribution is 0.455. The predicted molar refractivity (Wildman–Crippen MR) is 115 cm³/mol. The average Bonchev–Trinajstić information content (AvgIpc) is 2.64. The average molecular weight is 391 g/mol. The van der Waals surface area contributed by atoms with Crippen molar-refractivity contribution in [2.75, 3.05) is 24.6 Å². The Morgan fingerprint density at radius 3 is 2.38 bits per heavy atom. The van der Waals surface area contributed by atoms with Gasteiger partial charge in [-0.05, 0) is 32.0 Å². The van der Waals surface area contributed by atoms with E-state index in [2.05, 4.69) is 17.2 Å². The number of rotatable bonds is 10. The van der Waals surface area contributed by atoms with E-state index in [1.807, 2.05) is 54.1 Å². The minimum absolute atomic E-state index is 0.132. The molecule has 0 saturated heterocycles. The second-order valence-corrected chi connectivity index (χ2v) is 8.56. The maximum absolute atomic E-state index is 9.85. The summed E-state index contributed by atoms with van der Waals surface area (Å²) in [5, 5.41) is 23.1. The molecule has 1 atom stereocenters. The number of nitrogens with one attached hydrogen (secondary N) is 1. The van der Waals surface area contributed by atoms with Crippen LogP contribution in [0.25, 0.3) is 0 Å². The molecule has 2 aromatic rings. The van der Waals surface area contributed by atoms with Gasteiger partial charge in [-0.1, -0.05) is 51.9 Å². The number of hydrogen-bond donors (Lipinski definition) is 3. The summed E-state index contributed by atoms with van der Waals surface area (Å²) in [5.41, 5.74) is 2.60. The van der Waals surface area contributed by atoms with Crippen molar-refractivity contribution in [2.45, 2.75) is 19.9 Å². The van der Waals surface area contributed by atoms with Gasteiger partial charge in [-0.25, -0.2) is 0 Å². The molecular weight excluding hydrogens is 364 g/mol. The second-order valence-electron chi connectivity index (χ2n) is 5.86. The Hall–Kier alpha value is -1.63. The van der Waals surface area contributed by atoms with E-state index in [9.17, 15) is 10.2 Å². The lowest BCUT2D eigenvalue weighted by Crippen LogP contribution is -2.21. The zero-order valence-electron chi connectivity index (χ0n) is 15.2. The first-order valence-electron chi connectivity index (χ1n) is 8.64. The van der Waals surface area contributed by atoms with Gasteiger partial charge in [-0.3, -0.25) is 4.99 Å². The molecule has 2 aromatic carbocycles. The van der Waals surface area contributed by atoms with Crippen molar-refractivity contribution < 1.29 is 10.2 Å². The number of aromatic hydroxyl groups is 2. The lowest BCUT2D eigenvalue weighted by Gasteiger charge is -2.15. The molecule has 0 heterocycles. The van der Waals surface area contributed by atoms with Gasteiger partial charge in [-0.15, -0.1) is 0 Å². The summed E-state index contributed by atoms with van der Waals surface area (Å²) < 4.78 is 0. The molecule has 0 bridgehead atoms. The van der Waals surface area contributed by atoms with E-state index >= 15 is 0 Å². The van der Waals surface area contributed by atoms with Gasteiger partial charge in [0, 0.05) is 47.5 Å². The van der Waals surface area contributed by atoms with Gasteiger partial charge < -0.3 is 15.5 Å². The largest absolute Gasteiger partial charge is 0.508 e. The summed E-state index contributed by atoms with van der Waals surface area (Å²) in [5.74, 6) is 2.54. The molecule has 4 nitrogen and oxygen atoms in total. The van der Waals surface area contributed by atoms with E-state index in [1.165, 1.54) is 0 Å². The highest BCUT2D eigenvalue weighted by Crippen LogP contribution is 2.24. The third-order valence-electron chi connectivity index (χ3n) is 3.94. The smallest absolute Gasteiger partial charge is 0.124 e. The minimum atomic E-state index is 0.132. The fourth-order valence-electron chi connectivity index (χ4n) is 2.51. The summed E-state index contributed by atoms with van der Waals surface area (Å²) >= 11 is 0. The van der Waals surface area contributed by atoms with Gasteiger partial charge >= 0.3 is 0 Å². The molecule has 1 unspecified atom stereocenters. The van der Waals surface area contributed by atoms with E-state index in [4.69, 9.17) is 0 Å². The van der Waals surface area contributed by atoms with Crippen LogP contribution in [0.5, 0.6) is 11.5 Å². The van der Waals surface area contributed by atoms with Crippen LogP contribution in [0.4, 0.5) is 0 Å². The number of phenols is 2. The molecule has 0 aliphatic carbocycles. The minimum Gasteiger partial charge on any atom is -0.508 e. The molecule has 2 rings (SSSR count). The molecule has 0 fully saturated rings. The summed E-state index contributed by atoms with van der Waals surface area (Å²) in [6, 6.07) is 14.9. The first kappa shape index (κ1) is 20.7. The van der Waals surface area contributed by atoms with Crippen LogP contribution in [0.2, 0.25) is 0 Å². The van der Waals surface area contributed by atoms with Crippen LogP contribution >= 0.6 is 21.6 Å². The quantitative estimate of drug-likeness (QED) is 0.313. The summed E-state index contributed by atoms with van der Waals surface area (Å²) in [6.45, 7) is 5.60. The summed E-state index contributed by atoms with van der Waals surface area (Å²) in [7, 11) is 3.62. The van der Waals surface area contributed by atoms with E-state index < -0.39 is 0 Å². The van der Waals surface area contributed by atoms with Gasteiger partial charge in [-0.2, -0.15) is 0 Å². The van der Waals surface area contributed by atoms with Crippen molar-refractivity contribution in [3.63, 3.8) is 0 Å². The predicted octanol–water partition coefficient (Wildman–Crippen LogP) is 4.64. The Morgan fingerprint density at radius 2 is 1.65 bits per heavy atom. The number of nitrogens with zero attached hydrogens (tertiary/aromatic N) is 1. The molecule has 0 saturated carbocycles. The Morgan fingerprint density at radius 1 is 1.00 bits per heavy atom. The molecular formula is C20H26N2O2S2. The zero-order valence-corrected chi connectivity index (χ0v) is 16.8. The van der Waals surface area contributed by atoms with Crippen LogP contribution in [-0.4, -0.2) is 40.5 Å². The van der Waals surface area contributed by atoms with E-state index in [0.717, 1.165) is 41.4 Å². The maximum Gasteiger partial charge on any atom is 0.124 e. The van der Waals surface area contributed by atoms with Crippen LogP contribution in [-0.2, 0) is 0 Å². The molecule has 3 N–H and O–H groups in total. The van der Waals surface area contributed by atoms with E-state index in [1.54, 1.807) is 22.9 Å². The number of hydrogen-bond acceptors (Lipinski definition) is 6. The molecule has 6 heteroatoms. The number of benzene rings is 2. The third-order valence-corrected chi connectivity index (χ3v) is 6.33. The highest BCUT2D eigenvalue weighted by Gasteiger charge is 2.08. The van der Waals surface area contributed by atoms with Crippen LogP contribution in [0.15, 0.2) is 53.5 Å². The lowest BCUT2D eigenvalue weighted by atomic mass is 10.1. The first-order valence-corrected chi connectivity index (χ1v) is 11.1. The van der Waals surface area contributed by atoms with Crippen molar-refractivity contribution in [2.24, 2.45) is 4.99 Å². The van der Waals surface area contributed by atoms with Crippen LogP contribution in [0.1, 0.15) is 31.0 Å². The molecule has 0 aliphatic rings. The molecule has 26 heavy (non-hydrogen) atoms. The van der Waals surface area contributed by atoms with Gasteiger partial charge in [0.05, 0.1) is 0 Å². The molecule has 0 aromatic heterocycles. The van der Waals surface area contributed by atoms with Crippen molar-refractivity contribution in [1.82, 2.24) is 5.32 Å². The van der Waals surface area contributed by atoms with E-state index in [0.29, 0.717) is 5.75 Å². The Labute approximate surface area is 163 Å². The summed E-state index contributed by atoms with van der Waals surface area (Å²) in [4.78, 5) is 4.53. The third kappa shape index (κ3) is 6.59. The highest BCUT2D eigenvalue weighted by molar-refractivity contribution is 8.76. The standard InChI is InChI=1S/C20H26N2O2S2/c1-15(17-7-3-5-9-19(17)23)21-11-13-25-26-14-12-22-16(2)18-8-4-6-10-20(18)24/h3-10,15,21,23-24H,11-14H2,1-2H3/b22-16-. The topological polar surface area (TPSA) is 64.9 Å². The van der Waals surface area contributed by atoms with Crippen molar-refractivity contribution >= 4 is 27.3 Å². The van der Waals surface area contributed by atoms with Crippen LogP contribution in [0.3, 0.4) is 0 Å². The SMILES string of the molecule is C/C(=N/CCSSCCNC(C)c1ccccc1O)c1ccccc1O. The Kier molecular flexibility index (Phi) is 8.88. The monoisotopic (exact) mass is 390 g/mol. The summed E-state index contributed by atoms with van der Waals surface area (Å²) in [6.07, 6.45) is 0. The number of aliphatic imine (C=N–C) groups is 1. The maximum atomic E-state index is 9.85. The Balaban J connectivity index is 1.59. The fourth-order valence-corrected chi connectivity index (χ4v) is 4.30. The van der Waals surface area contributed by atoms with Gasteiger partial charge in [0.1, 0.15) is 11.5 Å². The number of phenolic OH excluding ortho intramolecular Hbond substituents is 2. The highest BCUT2D eigenvalue weighted by atomic mass is 33.1. The van der Waals surface area contributed by atoms with Crippen LogP contribution < -0.4 is 5.32 Å². The van der Waals surface area contributed by atoms with Crippen molar-refractivity contribution in [3.05, 3.63) is 59.7 Å². The second kappa shape index (κ2) is 11.2. The van der Waals surface area contributed by atoms with Crippen LogP contribution in [0, 0.1) is 0 Å². The van der Waals surface area contributed by atoms with Gasteiger partial charge in [0.2, 0.25) is 0 Å². The molecule has 0 spiro atoms. The molecule has 0 aliphatic heterocycles. The number of para-hydroxylation sites is 2. The molecule has 0 radical (unpaired) electrons. The first-order chi connectivity index (χ1) is 12.6. The van der Waals surface area contributed by atoms with E-state index in [-0.39, 0.29) is 11.8 Å². The fraction of sp³-hybridized carbons (Fsp3) is 0.350. The molecule has 140 valence electrons. The normalized spacial score (nSPS) is 12.9. The van der Waals surface area contributed by atoms with Gasteiger partial charge in [0.15, 0.2) is 0 Å². The van der Waals surface area contributed by atoms with Crippen molar-refractivity contribution in [3.8, 4) is 11.5 Å². The Bertz CT molecular complexity index is 722. The van der Waals surface area contributed by atoms with Crippen molar-refractivity contribution in [1.29, 1.82) is 0 Å². The molecule has 0 amide bonds. The zero-order chi connectivity index (χ0) is 18.8.